The number of rotatable bonds is 9. The molecule has 0 unspecified atom stereocenters. The summed E-state index contributed by atoms with van der Waals surface area (Å²) in [5.41, 5.74) is 3.10. The lowest BCUT2D eigenvalue weighted by molar-refractivity contribution is 0.0987. The third-order valence-electron chi connectivity index (χ3n) is 7.22. The van der Waals surface area contributed by atoms with Gasteiger partial charge in [-0.2, -0.15) is 14.4 Å². The maximum atomic E-state index is 13.9. The Morgan fingerprint density at radius 1 is 0.978 bits per heavy atom. The molecule has 0 N–H and O–H groups in total. The topological polar surface area (TPSA) is 113 Å². The SMILES string of the molecule is CCN(Cc1ccccc1)S(=O)(=O)c1ccc(C(=O)N(/N=C/c2coc3ccccc3c2=O)c2nc3ccc(C)cc3s2)cc1. The highest BCUT2D eigenvalue weighted by Crippen LogP contribution is 2.31. The first-order chi connectivity index (χ1) is 21.7. The van der Waals surface area contributed by atoms with Crippen LogP contribution in [0.15, 0.2) is 123 Å². The van der Waals surface area contributed by atoms with E-state index in [1.54, 1.807) is 31.2 Å². The number of hydrazone groups is 1. The number of hydrogen-bond donors (Lipinski definition) is 0. The van der Waals surface area contributed by atoms with Crippen molar-refractivity contribution >= 4 is 59.8 Å². The van der Waals surface area contributed by atoms with Gasteiger partial charge < -0.3 is 4.42 Å². The van der Waals surface area contributed by atoms with E-state index >= 15 is 0 Å². The summed E-state index contributed by atoms with van der Waals surface area (Å²) in [5.74, 6) is -0.548. The number of nitrogens with zero attached hydrogens (tertiary/aromatic N) is 4. The number of sulfonamides is 1. The maximum Gasteiger partial charge on any atom is 0.280 e. The Labute approximate surface area is 263 Å². The fraction of sp³-hybridized carbons (Fsp3) is 0.118. The molecule has 0 atom stereocenters. The van der Waals surface area contributed by atoms with Crippen LogP contribution in [-0.4, -0.2) is 36.4 Å². The lowest BCUT2D eigenvalue weighted by Gasteiger charge is -2.21. The molecule has 0 fully saturated rings. The molecule has 2 heterocycles. The highest BCUT2D eigenvalue weighted by atomic mass is 32.2. The van der Waals surface area contributed by atoms with Gasteiger partial charge in [-0.15, -0.1) is 0 Å². The van der Waals surface area contributed by atoms with Crippen LogP contribution >= 0.6 is 11.3 Å². The van der Waals surface area contributed by atoms with Gasteiger partial charge in [0.05, 0.1) is 32.3 Å². The van der Waals surface area contributed by atoms with Gasteiger partial charge in [0, 0.05) is 18.7 Å². The molecule has 0 aliphatic heterocycles. The average molecular weight is 637 g/mol. The van der Waals surface area contributed by atoms with Gasteiger partial charge in [0.2, 0.25) is 20.6 Å². The molecular formula is C34H28N4O5S2. The third-order valence-corrected chi connectivity index (χ3v) is 10.1. The molecule has 45 heavy (non-hydrogen) atoms. The molecule has 4 aromatic carbocycles. The van der Waals surface area contributed by atoms with E-state index in [0.717, 1.165) is 20.8 Å². The molecule has 0 aliphatic carbocycles. The number of aryl methyl sites for hydroxylation is 1. The Bertz CT molecular complexity index is 2210. The van der Waals surface area contributed by atoms with Gasteiger partial charge in [0.1, 0.15) is 11.8 Å². The number of para-hydroxylation sites is 1. The van der Waals surface area contributed by atoms with Gasteiger partial charge in [-0.1, -0.05) is 66.8 Å². The third kappa shape index (κ3) is 6.18. The largest absolute Gasteiger partial charge is 0.463 e. The normalized spacial score (nSPS) is 12.0. The molecule has 9 nitrogen and oxygen atoms in total. The summed E-state index contributed by atoms with van der Waals surface area (Å²) in [4.78, 5) is 31.7. The zero-order valence-corrected chi connectivity index (χ0v) is 26.1. The molecule has 1 amide bonds. The van der Waals surface area contributed by atoms with Crippen LogP contribution in [-0.2, 0) is 16.6 Å². The van der Waals surface area contributed by atoms with Gasteiger partial charge in [-0.3, -0.25) is 9.59 Å². The van der Waals surface area contributed by atoms with Crippen molar-refractivity contribution in [3.8, 4) is 0 Å². The number of amides is 1. The highest BCUT2D eigenvalue weighted by molar-refractivity contribution is 7.89. The van der Waals surface area contributed by atoms with Crippen molar-refractivity contribution in [2.75, 3.05) is 11.6 Å². The smallest absolute Gasteiger partial charge is 0.280 e. The first-order valence-electron chi connectivity index (χ1n) is 14.1. The van der Waals surface area contributed by atoms with Crippen molar-refractivity contribution in [2.45, 2.75) is 25.3 Å². The maximum absolute atomic E-state index is 13.9. The van der Waals surface area contributed by atoms with E-state index in [4.69, 9.17) is 4.42 Å². The molecule has 226 valence electrons. The molecule has 0 spiro atoms. The van der Waals surface area contributed by atoms with Crippen LogP contribution in [0.3, 0.4) is 0 Å². The molecule has 6 aromatic rings. The zero-order valence-electron chi connectivity index (χ0n) is 24.5. The fourth-order valence-corrected chi connectivity index (χ4v) is 7.25. The van der Waals surface area contributed by atoms with Crippen LogP contribution in [0.5, 0.6) is 0 Å². The standard InChI is InChI=1S/C34H28N4O5S2/c1-3-37(21-24-9-5-4-6-10-24)45(41,42)27-16-14-25(15-17-27)33(40)38(34-36-29-18-13-23(2)19-31(29)44-34)35-20-26-22-43-30-12-8-7-11-28(30)32(26)39/h4-20,22H,3,21H2,1-2H3/b35-20+. The summed E-state index contributed by atoms with van der Waals surface area (Å²) < 4.78 is 34.8. The van der Waals surface area contributed by atoms with Crippen molar-refractivity contribution < 1.29 is 17.6 Å². The van der Waals surface area contributed by atoms with Gasteiger partial charge in [-0.05, 0) is 66.6 Å². The fourth-order valence-electron chi connectivity index (χ4n) is 4.80. The minimum atomic E-state index is -3.83. The van der Waals surface area contributed by atoms with Crippen molar-refractivity contribution in [3.05, 3.63) is 136 Å². The summed E-state index contributed by atoms with van der Waals surface area (Å²) in [6.07, 6.45) is 2.57. The Hall–Kier alpha value is -4.97. The molecule has 0 bridgehead atoms. The lowest BCUT2D eigenvalue weighted by Crippen LogP contribution is -2.30. The van der Waals surface area contributed by atoms with Crippen molar-refractivity contribution in [2.24, 2.45) is 5.10 Å². The first kappa shape index (κ1) is 30.1. The second kappa shape index (κ2) is 12.6. The van der Waals surface area contributed by atoms with E-state index in [1.165, 1.54) is 52.4 Å². The van der Waals surface area contributed by atoms with Gasteiger partial charge >= 0.3 is 0 Å². The van der Waals surface area contributed by atoms with Crippen molar-refractivity contribution in [1.82, 2.24) is 9.29 Å². The van der Waals surface area contributed by atoms with Crippen LogP contribution in [0, 0.1) is 6.92 Å². The van der Waals surface area contributed by atoms with E-state index in [9.17, 15) is 18.0 Å². The molecule has 6 rings (SSSR count). The number of carbonyl (C=O) groups excluding carboxylic acids is 1. The van der Waals surface area contributed by atoms with E-state index in [0.29, 0.717) is 21.6 Å². The molecular weight excluding hydrogens is 609 g/mol. The predicted molar refractivity (Wildman–Crippen MR) is 177 cm³/mol. The summed E-state index contributed by atoms with van der Waals surface area (Å²) in [6, 6.07) is 27.7. The van der Waals surface area contributed by atoms with Crippen LogP contribution in [0.1, 0.15) is 34.0 Å². The zero-order chi connectivity index (χ0) is 31.6. The van der Waals surface area contributed by atoms with Crippen molar-refractivity contribution in [1.29, 1.82) is 0 Å². The summed E-state index contributed by atoms with van der Waals surface area (Å²) in [5, 5.41) is 6.20. The minimum absolute atomic E-state index is 0.0658. The number of benzene rings is 4. The number of thiazole rings is 1. The second-order valence-corrected chi connectivity index (χ2v) is 13.2. The Morgan fingerprint density at radius 3 is 2.47 bits per heavy atom. The summed E-state index contributed by atoms with van der Waals surface area (Å²) in [6.45, 7) is 4.25. The lowest BCUT2D eigenvalue weighted by atomic mass is 10.2. The first-order valence-corrected chi connectivity index (χ1v) is 16.4. The van der Waals surface area contributed by atoms with Crippen LogP contribution in [0.2, 0.25) is 0 Å². The molecule has 11 heteroatoms. The van der Waals surface area contributed by atoms with Gasteiger partial charge in [-0.25, -0.2) is 13.4 Å². The quantitative estimate of drug-likeness (QED) is 0.131. The van der Waals surface area contributed by atoms with Crippen molar-refractivity contribution in [3.63, 3.8) is 0 Å². The molecule has 0 radical (unpaired) electrons. The minimum Gasteiger partial charge on any atom is -0.463 e. The number of anilines is 1. The molecule has 0 saturated carbocycles. The number of fused-ring (bicyclic) bond motifs is 2. The second-order valence-electron chi connectivity index (χ2n) is 10.3. The van der Waals surface area contributed by atoms with E-state index in [-0.39, 0.29) is 34.5 Å². The molecule has 0 aliphatic rings. The summed E-state index contributed by atoms with van der Waals surface area (Å²) in [7, 11) is -3.83. The number of hydrogen-bond acceptors (Lipinski definition) is 8. The van der Waals surface area contributed by atoms with E-state index < -0.39 is 15.9 Å². The number of carbonyl (C=O) groups is 1. The predicted octanol–water partition coefficient (Wildman–Crippen LogP) is 6.60. The Balaban J connectivity index is 1.34. The monoisotopic (exact) mass is 636 g/mol. The highest BCUT2D eigenvalue weighted by Gasteiger charge is 2.26. The Morgan fingerprint density at radius 2 is 1.71 bits per heavy atom. The van der Waals surface area contributed by atoms with E-state index in [2.05, 4.69) is 10.1 Å². The number of aromatic nitrogens is 1. The van der Waals surface area contributed by atoms with Gasteiger partial charge in [0.25, 0.3) is 5.91 Å². The van der Waals surface area contributed by atoms with Crippen LogP contribution in [0.4, 0.5) is 5.13 Å². The molecule has 0 saturated heterocycles. The summed E-state index contributed by atoms with van der Waals surface area (Å²) >= 11 is 1.28. The van der Waals surface area contributed by atoms with Crippen LogP contribution < -0.4 is 10.4 Å². The molecule has 2 aromatic heterocycles. The van der Waals surface area contributed by atoms with E-state index in [1.807, 2.05) is 55.5 Å². The average Bonchev–Trinajstić information content (AvgIpc) is 3.48. The van der Waals surface area contributed by atoms with Crippen LogP contribution in [0.25, 0.3) is 21.2 Å². The Kier molecular flexibility index (Phi) is 8.40. The van der Waals surface area contributed by atoms with Gasteiger partial charge in [0.15, 0.2) is 0 Å².